The monoisotopic (exact) mass is 271 g/mol. The molecule has 1 rings (SSSR count). The second kappa shape index (κ2) is 7.56. The van der Waals surface area contributed by atoms with Crippen molar-refractivity contribution in [2.45, 2.75) is 45.8 Å². The first kappa shape index (κ1) is 16.1. The quantitative estimate of drug-likeness (QED) is 0.745. The van der Waals surface area contributed by atoms with E-state index in [9.17, 15) is 13.9 Å². The van der Waals surface area contributed by atoms with Gasteiger partial charge in [0.15, 0.2) is 0 Å². The summed E-state index contributed by atoms with van der Waals surface area (Å²) in [5.41, 5.74) is 0.0164. The van der Waals surface area contributed by atoms with Gasteiger partial charge >= 0.3 is 0 Å². The zero-order valence-electron chi connectivity index (χ0n) is 11.8. The largest absolute Gasteiger partial charge is 0.387 e. The molecule has 0 aliphatic rings. The van der Waals surface area contributed by atoms with Gasteiger partial charge in [-0.05, 0) is 37.1 Å². The van der Waals surface area contributed by atoms with Crippen molar-refractivity contribution in [3.05, 3.63) is 35.4 Å². The Morgan fingerprint density at radius 3 is 2.53 bits per heavy atom. The number of halogens is 2. The summed E-state index contributed by atoms with van der Waals surface area (Å²) in [6.45, 7) is 6.73. The predicted molar refractivity (Wildman–Crippen MR) is 72.9 cm³/mol. The van der Waals surface area contributed by atoms with Crippen molar-refractivity contribution < 1.29 is 13.9 Å². The lowest BCUT2D eigenvalue weighted by Crippen LogP contribution is -2.40. The number of hydrogen-bond donors (Lipinski definition) is 2. The number of nitrogens with one attached hydrogen (secondary N) is 1. The predicted octanol–water partition coefficient (Wildman–Crippen LogP) is 3.41. The zero-order valence-corrected chi connectivity index (χ0v) is 11.8. The number of aliphatic hydroxyl groups excluding tert-OH is 1. The van der Waals surface area contributed by atoms with E-state index in [2.05, 4.69) is 12.2 Å². The van der Waals surface area contributed by atoms with Gasteiger partial charge in [0, 0.05) is 11.6 Å². The minimum atomic E-state index is -1.05. The summed E-state index contributed by atoms with van der Waals surface area (Å²) >= 11 is 0. The number of hydrogen-bond acceptors (Lipinski definition) is 2. The molecule has 0 aromatic heterocycles. The molecule has 0 amide bonds. The van der Waals surface area contributed by atoms with Crippen LogP contribution in [0.5, 0.6) is 0 Å². The molecule has 0 fully saturated rings. The van der Waals surface area contributed by atoms with E-state index in [4.69, 9.17) is 0 Å². The van der Waals surface area contributed by atoms with E-state index in [1.807, 2.05) is 13.8 Å². The number of unbranched alkanes of at least 4 members (excludes halogenated alkanes) is 1. The molecule has 19 heavy (non-hydrogen) atoms. The van der Waals surface area contributed by atoms with Gasteiger partial charge in [-0.2, -0.15) is 0 Å². The molecule has 1 aromatic carbocycles. The molecule has 2 nitrogen and oxygen atoms in total. The SMILES string of the molecule is CCCCNC(C(C)C)C(O)c1cc(F)ccc1F. The van der Waals surface area contributed by atoms with E-state index in [0.717, 1.165) is 37.6 Å². The Morgan fingerprint density at radius 2 is 1.95 bits per heavy atom. The first-order chi connectivity index (χ1) is 8.97. The van der Waals surface area contributed by atoms with E-state index in [-0.39, 0.29) is 17.5 Å². The molecule has 4 heteroatoms. The Balaban J connectivity index is 2.86. The van der Waals surface area contributed by atoms with Gasteiger partial charge in [-0.25, -0.2) is 8.78 Å². The first-order valence-electron chi connectivity index (χ1n) is 6.83. The second-order valence-electron chi connectivity index (χ2n) is 5.19. The third-order valence-corrected chi connectivity index (χ3v) is 3.25. The van der Waals surface area contributed by atoms with E-state index < -0.39 is 17.7 Å². The molecule has 1 aromatic rings. The van der Waals surface area contributed by atoms with Crippen molar-refractivity contribution in [1.29, 1.82) is 0 Å². The summed E-state index contributed by atoms with van der Waals surface area (Å²) in [5.74, 6) is -0.988. The Labute approximate surface area is 113 Å². The van der Waals surface area contributed by atoms with Crippen molar-refractivity contribution in [2.75, 3.05) is 6.54 Å². The molecule has 2 N–H and O–H groups in total. The Bertz CT molecular complexity index is 396. The lowest BCUT2D eigenvalue weighted by atomic mass is 9.93. The molecule has 0 aliphatic carbocycles. The maximum Gasteiger partial charge on any atom is 0.129 e. The summed E-state index contributed by atoms with van der Waals surface area (Å²) in [6, 6.07) is 2.89. The molecule has 0 saturated carbocycles. The maximum atomic E-state index is 13.7. The van der Waals surface area contributed by atoms with Gasteiger partial charge in [-0.1, -0.05) is 27.2 Å². The molecule has 0 spiro atoms. The summed E-state index contributed by atoms with van der Waals surface area (Å²) in [5, 5.41) is 13.5. The lowest BCUT2D eigenvalue weighted by molar-refractivity contribution is 0.101. The van der Waals surface area contributed by atoms with Gasteiger partial charge in [0.2, 0.25) is 0 Å². The van der Waals surface area contributed by atoms with Crippen LogP contribution in [-0.2, 0) is 0 Å². The summed E-state index contributed by atoms with van der Waals surface area (Å²) in [7, 11) is 0. The second-order valence-corrected chi connectivity index (χ2v) is 5.19. The van der Waals surface area contributed by atoms with Crippen LogP contribution in [0, 0.1) is 17.6 Å². The average Bonchev–Trinajstić information content (AvgIpc) is 2.36. The van der Waals surface area contributed by atoms with Crippen molar-refractivity contribution in [1.82, 2.24) is 5.32 Å². The zero-order chi connectivity index (χ0) is 14.4. The Morgan fingerprint density at radius 1 is 1.26 bits per heavy atom. The van der Waals surface area contributed by atoms with Crippen LogP contribution in [0.3, 0.4) is 0 Å². The normalized spacial score (nSPS) is 14.7. The minimum absolute atomic E-state index is 0.0164. The highest BCUT2D eigenvalue weighted by Gasteiger charge is 2.26. The van der Waals surface area contributed by atoms with Crippen LogP contribution >= 0.6 is 0 Å². The molecule has 0 heterocycles. The van der Waals surface area contributed by atoms with E-state index in [1.165, 1.54) is 0 Å². The van der Waals surface area contributed by atoms with Crippen LogP contribution in [0.1, 0.15) is 45.3 Å². The summed E-state index contributed by atoms with van der Waals surface area (Å²) in [4.78, 5) is 0. The highest BCUT2D eigenvalue weighted by molar-refractivity contribution is 5.22. The van der Waals surface area contributed by atoms with E-state index in [1.54, 1.807) is 0 Å². The topological polar surface area (TPSA) is 32.3 Å². The van der Waals surface area contributed by atoms with Crippen molar-refractivity contribution in [2.24, 2.45) is 5.92 Å². The lowest BCUT2D eigenvalue weighted by Gasteiger charge is -2.28. The van der Waals surface area contributed by atoms with Crippen LogP contribution in [0.4, 0.5) is 8.78 Å². The fourth-order valence-corrected chi connectivity index (χ4v) is 2.09. The molecular weight excluding hydrogens is 248 g/mol. The van der Waals surface area contributed by atoms with Crippen molar-refractivity contribution >= 4 is 0 Å². The Kier molecular flexibility index (Phi) is 6.38. The van der Waals surface area contributed by atoms with E-state index in [0.29, 0.717) is 0 Å². The van der Waals surface area contributed by atoms with Crippen molar-refractivity contribution in [3.8, 4) is 0 Å². The van der Waals surface area contributed by atoms with Gasteiger partial charge in [0.05, 0.1) is 6.10 Å². The third-order valence-electron chi connectivity index (χ3n) is 3.25. The number of rotatable bonds is 7. The highest BCUT2D eigenvalue weighted by Crippen LogP contribution is 2.25. The van der Waals surface area contributed by atoms with Crippen LogP contribution in [0.2, 0.25) is 0 Å². The third kappa shape index (κ3) is 4.55. The smallest absolute Gasteiger partial charge is 0.129 e. The minimum Gasteiger partial charge on any atom is -0.387 e. The highest BCUT2D eigenvalue weighted by atomic mass is 19.1. The molecule has 0 saturated heterocycles. The Hall–Kier alpha value is -1.00. The molecule has 0 radical (unpaired) electrons. The molecule has 0 aliphatic heterocycles. The van der Waals surface area contributed by atoms with Crippen LogP contribution < -0.4 is 5.32 Å². The number of benzene rings is 1. The van der Waals surface area contributed by atoms with Gasteiger partial charge in [0.25, 0.3) is 0 Å². The van der Waals surface area contributed by atoms with Gasteiger partial charge in [0.1, 0.15) is 11.6 Å². The van der Waals surface area contributed by atoms with E-state index >= 15 is 0 Å². The van der Waals surface area contributed by atoms with Crippen LogP contribution in [0.25, 0.3) is 0 Å². The maximum absolute atomic E-state index is 13.7. The first-order valence-corrected chi connectivity index (χ1v) is 6.83. The summed E-state index contributed by atoms with van der Waals surface area (Å²) in [6.07, 6.45) is 0.983. The van der Waals surface area contributed by atoms with Gasteiger partial charge < -0.3 is 10.4 Å². The van der Waals surface area contributed by atoms with Crippen LogP contribution in [-0.4, -0.2) is 17.7 Å². The molecule has 0 bridgehead atoms. The average molecular weight is 271 g/mol. The van der Waals surface area contributed by atoms with Gasteiger partial charge in [-0.3, -0.25) is 0 Å². The fraction of sp³-hybridized carbons (Fsp3) is 0.600. The molecule has 2 unspecified atom stereocenters. The summed E-state index contributed by atoms with van der Waals surface area (Å²) < 4.78 is 26.9. The molecule has 2 atom stereocenters. The molecular formula is C15H23F2NO. The molecule has 108 valence electrons. The van der Waals surface area contributed by atoms with Crippen molar-refractivity contribution in [3.63, 3.8) is 0 Å². The fourth-order valence-electron chi connectivity index (χ4n) is 2.09. The van der Waals surface area contributed by atoms with Gasteiger partial charge in [-0.15, -0.1) is 0 Å². The van der Waals surface area contributed by atoms with Crippen LogP contribution in [0.15, 0.2) is 18.2 Å². The standard InChI is InChI=1S/C15H23F2NO/c1-4-5-8-18-14(10(2)3)15(19)12-9-11(16)6-7-13(12)17/h6-7,9-10,14-15,18-19H,4-5,8H2,1-3H3. The number of aliphatic hydroxyl groups is 1.